The smallest absolute Gasteiger partial charge is 0.238 e. The summed E-state index contributed by atoms with van der Waals surface area (Å²) in [5.74, 6) is -5.11. The van der Waals surface area contributed by atoms with Gasteiger partial charge >= 0.3 is 0 Å². The molecule has 6 atom stereocenters. The molecule has 4 amide bonds. The van der Waals surface area contributed by atoms with Crippen molar-refractivity contribution in [1.82, 2.24) is 0 Å². The lowest BCUT2D eigenvalue weighted by molar-refractivity contribution is -0.126. The number of allylic oxidation sites excluding steroid dienone is 2. The number of benzene rings is 4. The SMILES string of the molecule is C=Cc1ccc(N2C(=O)[C@H]3[C@H](CC=C4[C@H]3C[C@H]3C(=O)N(c5ccc(C=C)cc5)C(=O)[C@H]3[C@H]4c3c(O)ccc4ccccc34)C2=O)cc1. The van der Waals surface area contributed by atoms with Gasteiger partial charge in [-0.1, -0.05) is 91.6 Å². The second-order valence-electron chi connectivity index (χ2n) is 12.9. The highest BCUT2D eigenvalue weighted by Crippen LogP contribution is 2.60. The van der Waals surface area contributed by atoms with Crippen molar-refractivity contribution in [2.75, 3.05) is 9.80 Å². The van der Waals surface area contributed by atoms with Crippen LogP contribution in [0.5, 0.6) is 5.75 Å². The van der Waals surface area contributed by atoms with E-state index in [-0.39, 0.29) is 35.8 Å². The second-order valence-corrected chi connectivity index (χ2v) is 12.9. The highest BCUT2D eigenvalue weighted by atomic mass is 16.3. The summed E-state index contributed by atoms with van der Waals surface area (Å²) >= 11 is 0. The zero-order valence-corrected chi connectivity index (χ0v) is 25.6. The first-order valence-corrected chi connectivity index (χ1v) is 15.9. The van der Waals surface area contributed by atoms with Crippen molar-refractivity contribution in [3.63, 3.8) is 0 Å². The van der Waals surface area contributed by atoms with E-state index in [2.05, 4.69) is 13.2 Å². The maximum Gasteiger partial charge on any atom is 0.238 e. The van der Waals surface area contributed by atoms with Crippen LogP contribution >= 0.6 is 0 Å². The number of aromatic hydroxyl groups is 1. The van der Waals surface area contributed by atoms with Crippen molar-refractivity contribution in [3.05, 3.63) is 126 Å². The largest absolute Gasteiger partial charge is 0.508 e. The number of phenolic OH excluding ortho intramolecular Hbond substituents is 1. The van der Waals surface area contributed by atoms with Crippen LogP contribution in [-0.2, 0) is 19.2 Å². The van der Waals surface area contributed by atoms with E-state index in [9.17, 15) is 24.3 Å². The predicted octanol–water partition coefficient (Wildman–Crippen LogP) is 6.88. The van der Waals surface area contributed by atoms with Crippen molar-refractivity contribution in [2.45, 2.75) is 18.8 Å². The van der Waals surface area contributed by atoms with Crippen molar-refractivity contribution in [2.24, 2.45) is 29.6 Å². The summed E-state index contributed by atoms with van der Waals surface area (Å²) in [5, 5.41) is 13.2. The first-order chi connectivity index (χ1) is 22.8. The monoisotopic (exact) mass is 620 g/mol. The molecule has 1 saturated carbocycles. The van der Waals surface area contributed by atoms with E-state index >= 15 is 0 Å². The summed E-state index contributed by atoms with van der Waals surface area (Å²) in [5.41, 5.74) is 4.12. The molecule has 2 heterocycles. The molecular weight excluding hydrogens is 588 g/mol. The summed E-state index contributed by atoms with van der Waals surface area (Å²) < 4.78 is 0. The normalized spacial score (nSPS) is 26.6. The van der Waals surface area contributed by atoms with Gasteiger partial charge < -0.3 is 5.11 Å². The molecule has 7 heteroatoms. The third-order valence-corrected chi connectivity index (χ3v) is 10.7. The Morgan fingerprint density at radius 3 is 1.83 bits per heavy atom. The molecular formula is C40H32N2O5. The Balaban J connectivity index is 1.27. The molecule has 2 aliphatic heterocycles. The number of carbonyl (C=O) groups is 4. The molecule has 1 N–H and O–H groups in total. The summed E-state index contributed by atoms with van der Waals surface area (Å²) in [6.45, 7) is 7.59. The molecule has 0 radical (unpaired) electrons. The van der Waals surface area contributed by atoms with Crippen LogP contribution in [0.25, 0.3) is 22.9 Å². The van der Waals surface area contributed by atoms with Crippen molar-refractivity contribution in [3.8, 4) is 5.75 Å². The highest BCUT2D eigenvalue weighted by Gasteiger charge is 2.62. The van der Waals surface area contributed by atoms with E-state index in [1.807, 2.05) is 60.7 Å². The first-order valence-electron chi connectivity index (χ1n) is 15.9. The first kappa shape index (κ1) is 28.9. The third kappa shape index (κ3) is 4.19. The third-order valence-electron chi connectivity index (χ3n) is 10.7. The van der Waals surface area contributed by atoms with Crippen molar-refractivity contribution < 1.29 is 24.3 Å². The minimum Gasteiger partial charge on any atom is -0.508 e. The fraction of sp³-hybridized carbons (Fsp3) is 0.200. The van der Waals surface area contributed by atoms with Gasteiger partial charge in [-0.15, -0.1) is 0 Å². The van der Waals surface area contributed by atoms with Gasteiger partial charge in [0, 0.05) is 11.5 Å². The van der Waals surface area contributed by atoms with Gasteiger partial charge in [0.05, 0.1) is 35.0 Å². The van der Waals surface area contributed by atoms with Crippen LogP contribution in [0.15, 0.2) is 110 Å². The molecule has 2 saturated heterocycles. The van der Waals surface area contributed by atoms with Gasteiger partial charge in [-0.2, -0.15) is 0 Å². The van der Waals surface area contributed by atoms with Gasteiger partial charge in [0.25, 0.3) is 0 Å². The van der Waals surface area contributed by atoms with Gasteiger partial charge in [-0.3, -0.25) is 29.0 Å². The number of hydrogen-bond donors (Lipinski definition) is 1. The molecule has 0 spiro atoms. The zero-order valence-electron chi connectivity index (χ0n) is 25.6. The molecule has 0 bridgehead atoms. The molecule has 4 aromatic carbocycles. The fourth-order valence-electron chi connectivity index (χ4n) is 8.55. The molecule has 232 valence electrons. The topological polar surface area (TPSA) is 95.0 Å². The molecule has 2 aliphatic carbocycles. The predicted molar refractivity (Wildman–Crippen MR) is 181 cm³/mol. The molecule has 4 aromatic rings. The fourth-order valence-corrected chi connectivity index (χ4v) is 8.55. The number of anilines is 2. The number of carbonyl (C=O) groups excluding carboxylic acids is 4. The van der Waals surface area contributed by atoms with Gasteiger partial charge in [0.2, 0.25) is 23.6 Å². The highest BCUT2D eigenvalue weighted by molar-refractivity contribution is 6.24. The van der Waals surface area contributed by atoms with Crippen LogP contribution in [0.2, 0.25) is 0 Å². The van der Waals surface area contributed by atoms with E-state index < -0.39 is 35.5 Å². The van der Waals surface area contributed by atoms with E-state index in [1.165, 1.54) is 9.80 Å². The van der Waals surface area contributed by atoms with Crippen LogP contribution in [0.4, 0.5) is 11.4 Å². The van der Waals surface area contributed by atoms with E-state index in [1.54, 1.807) is 42.5 Å². The number of imide groups is 2. The van der Waals surface area contributed by atoms with Gasteiger partial charge in [-0.25, -0.2) is 0 Å². The Bertz CT molecular complexity index is 2060. The quantitative estimate of drug-likeness (QED) is 0.194. The minimum atomic E-state index is -0.785. The van der Waals surface area contributed by atoms with Crippen LogP contribution in [0, 0.1) is 29.6 Å². The van der Waals surface area contributed by atoms with Crippen LogP contribution in [0.1, 0.15) is 35.4 Å². The molecule has 0 aromatic heterocycles. The van der Waals surface area contributed by atoms with Gasteiger partial charge in [-0.05, 0) is 71.0 Å². The molecule has 8 rings (SSSR count). The van der Waals surface area contributed by atoms with Crippen LogP contribution in [0.3, 0.4) is 0 Å². The average molecular weight is 621 g/mol. The Morgan fingerprint density at radius 2 is 1.21 bits per heavy atom. The lowest BCUT2D eigenvalue weighted by atomic mass is 9.56. The molecule has 47 heavy (non-hydrogen) atoms. The summed E-state index contributed by atoms with van der Waals surface area (Å²) in [6.07, 6.45) is 5.99. The minimum absolute atomic E-state index is 0.0305. The maximum atomic E-state index is 14.5. The van der Waals surface area contributed by atoms with E-state index in [0.29, 0.717) is 23.4 Å². The van der Waals surface area contributed by atoms with Crippen LogP contribution < -0.4 is 9.80 Å². The number of nitrogens with zero attached hydrogens (tertiary/aromatic N) is 2. The molecule has 4 aliphatic rings. The standard InChI is InChI=1S/C40H32N2O5/c1-3-22-9-14-25(15-10-22)41-37(44)29-19-18-28-30(33(29)39(41)46)21-31-36(35(28)34-27-8-6-5-7-24(27)13-20-32(34)43)40(47)42(38(31)45)26-16-11-23(4-2)12-17-26/h3-18,20,29-31,33,35-36,43H,1-2,19,21H2/t29-,30+,31+,33-,35+,36+/m0/s1. The van der Waals surface area contributed by atoms with E-state index in [4.69, 9.17) is 0 Å². The zero-order chi connectivity index (χ0) is 32.6. The van der Waals surface area contributed by atoms with Gasteiger partial charge in [0.15, 0.2) is 0 Å². The summed E-state index contributed by atoms with van der Waals surface area (Å²) in [7, 11) is 0. The second kappa shape index (κ2) is 10.8. The number of fused-ring (bicyclic) bond motifs is 5. The molecule has 0 unspecified atom stereocenters. The Hall–Kier alpha value is -5.56. The van der Waals surface area contributed by atoms with E-state index in [0.717, 1.165) is 27.5 Å². The number of phenols is 1. The molecule has 7 nitrogen and oxygen atoms in total. The number of rotatable bonds is 5. The Morgan fingerprint density at radius 1 is 0.638 bits per heavy atom. The number of amides is 4. The Labute approximate surface area is 272 Å². The summed E-state index contributed by atoms with van der Waals surface area (Å²) in [6, 6.07) is 25.4. The maximum absolute atomic E-state index is 14.5. The lowest BCUT2D eigenvalue weighted by Crippen LogP contribution is -2.43. The number of hydrogen-bond acceptors (Lipinski definition) is 5. The lowest BCUT2D eigenvalue weighted by Gasteiger charge is -2.44. The van der Waals surface area contributed by atoms with Gasteiger partial charge in [0.1, 0.15) is 5.75 Å². The summed E-state index contributed by atoms with van der Waals surface area (Å²) in [4.78, 5) is 59.5. The van der Waals surface area contributed by atoms with Crippen molar-refractivity contribution >= 4 is 57.9 Å². The molecule has 3 fully saturated rings. The van der Waals surface area contributed by atoms with Crippen LogP contribution in [-0.4, -0.2) is 28.7 Å². The average Bonchev–Trinajstić information content (AvgIpc) is 3.51. The van der Waals surface area contributed by atoms with Crippen molar-refractivity contribution in [1.29, 1.82) is 0 Å². The Kier molecular flexibility index (Phi) is 6.62.